The first-order chi connectivity index (χ1) is 31.2. The zero-order valence-corrected chi connectivity index (χ0v) is 34.4. The van der Waals surface area contributed by atoms with Crippen LogP contribution in [0.1, 0.15) is 0 Å². The molecule has 0 aliphatic carbocycles. The lowest BCUT2D eigenvalue weighted by molar-refractivity contribution is 0.669. The Balaban J connectivity index is 0.913. The third-order valence-electron chi connectivity index (χ3n) is 12.4. The number of anilines is 3. The molecule has 3 nitrogen and oxygen atoms in total. The Labute approximate surface area is 366 Å². The van der Waals surface area contributed by atoms with Gasteiger partial charge in [-0.2, -0.15) is 0 Å². The Morgan fingerprint density at radius 3 is 1.51 bits per heavy atom. The van der Waals surface area contributed by atoms with E-state index in [0.717, 1.165) is 55.8 Å². The van der Waals surface area contributed by atoms with Gasteiger partial charge in [0.15, 0.2) is 5.58 Å². The van der Waals surface area contributed by atoms with Gasteiger partial charge in [-0.3, -0.25) is 0 Å². The second kappa shape index (κ2) is 15.3. The van der Waals surface area contributed by atoms with E-state index in [9.17, 15) is 0 Å². The highest BCUT2D eigenvalue weighted by Gasteiger charge is 2.20. The summed E-state index contributed by atoms with van der Waals surface area (Å²) in [4.78, 5) is 2.31. The van der Waals surface area contributed by atoms with Gasteiger partial charge in [-0.1, -0.05) is 188 Å². The molecule has 0 spiro atoms. The zero-order valence-electron chi connectivity index (χ0n) is 34.4. The van der Waals surface area contributed by atoms with Gasteiger partial charge in [0.2, 0.25) is 0 Å². The molecule has 0 N–H and O–H groups in total. The summed E-state index contributed by atoms with van der Waals surface area (Å²) >= 11 is 0. The van der Waals surface area contributed by atoms with Crippen molar-refractivity contribution in [3.8, 4) is 50.2 Å². The Bertz CT molecular complexity index is 3580. The molecule has 0 atom stereocenters. The van der Waals surface area contributed by atoms with Gasteiger partial charge >= 0.3 is 0 Å². The van der Waals surface area contributed by atoms with Crippen LogP contribution in [0.25, 0.3) is 93.9 Å². The zero-order chi connectivity index (χ0) is 41.7. The van der Waals surface area contributed by atoms with E-state index < -0.39 is 0 Å². The highest BCUT2D eigenvalue weighted by molar-refractivity contribution is 6.11. The van der Waals surface area contributed by atoms with Crippen molar-refractivity contribution in [2.45, 2.75) is 0 Å². The standard InChI is InChI=1S/C60H40N2O/c1-3-14-41(15-4-1)44-30-35-48(36-31-44)61(57-24-13-21-54-53-20-9-12-25-59(53)63-60(54)57)49-37-32-45(33-38-49)43-26-28-46(29-27-43)50-18-7-10-22-55(50)62-56-23-11-8-19-51(56)52-39-34-47(40-58(52)62)42-16-5-2-6-17-42/h1-40H. The lowest BCUT2D eigenvalue weighted by atomic mass is 9.98. The van der Waals surface area contributed by atoms with E-state index in [4.69, 9.17) is 4.42 Å². The van der Waals surface area contributed by atoms with Gasteiger partial charge in [0, 0.05) is 38.5 Å². The molecule has 296 valence electrons. The Hall–Kier alpha value is -8.40. The van der Waals surface area contributed by atoms with E-state index in [0.29, 0.717) is 0 Å². The number of rotatable bonds is 8. The smallest absolute Gasteiger partial charge is 0.159 e. The van der Waals surface area contributed by atoms with E-state index >= 15 is 0 Å². The fraction of sp³-hybridized carbons (Fsp3) is 0. The van der Waals surface area contributed by atoms with E-state index in [1.165, 1.54) is 55.2 Å². The fourth-order valence-corrected chi connectivity index (χ4v) is 9.37. The summed E-state index contributed by atoms with van der Waals surface area (Å²) in [5.74, 6) is 0. The number of furan rings is 1. The third-order valence-corrected chi connectivity index (χ3v) is 12.4. The van der Waals surface area contributed by atoms with Gasteiger partial charge in [0.1, 0.15) is 5.58 Å². The minimum Gasteiger partial charge on any atom is -0.454 e. The molecular formula is C60H40N2O. The summed E-state index contributed by atoms with van der Waals surface area (Å²) in [7, 11) is 0. The van der Waals surface area contributed by atoms with Gasteiger partial charge in [-0.25, -0.2) is 0 Å². The van der Waals surface area contributed by atoms with Crippen molar-refractivity contribution in [3.63, 3.8) is 0 Å². The van der Waals surface area contributed by atoms with Crippen LogP contribution in [-0.2, 0) is 0 Å². The van der Waals surface area contributed by atoms with Crippen molar-refractivity contribution in [1.82, 2.24) is 4.57 Å². The summed E-state index contributed by atoms with van der Waals surface area (Å²) < 4.78 is 9.03. The van der Waals surface area contributed by atoms with Crippen molar-refractivity contribution >= 4 is 60.8 Å². The Morgan fingerprint density at radius 1 is 0.317 bits per heavy atom. The highest BCUT2D eigenvalue weighted by Crippen LogP contribution is 2.43. The normalized spacial score (nSPS) is 11.5. The van der Waals surface area contributed by atoms with Crippen molar-refractivity contribution in [2.75, 3.05) is 4.90 Å². The van der Waals surface area contributed by atoms with E-state index in [1.54, 1.807) is 0 Å². The topological polar surface area (TPSA) is 21.3 Å². The predicted octanol–water partition coefficient (Wildman–Crippen LogP) is 16.8. The van der Waals surface area contributed by atoms with Crippen LogP contribution in [0.4, 0.5) is 17.1 Å². The highest BCUT2D eigenvalue weighted by atomic mass is 16.3. The molecule has 0 fully saturated rings. The maximum absolute atomic E-state index is 6.60. The van der Waals surface area contributed by atoms with Gasteiger partial charge in [0.05, 0.1) is 22.4 Å². The second-order valence-corrected chi connectivity index (χ2v) is 16.1. The number of aromatic nitrogens is 1. The lowest BCUT2D eigenvalue weighted by Crippen LogP contribution is -2.10. The molecule has 0 amide bonds. The first-order valence-corrected chi connectivity index (χ1v) is 21.5. The number of para-hydroxylation sites is 4. The average Bonchev–Trinajstić information content (AvgIpc) is 3.91. The predicted molar refractivity (Wildman–Crippen MR) is 264 cm³/mol. The van der Waals surface area contributed by atoms with Crippen molar-refractivity contribution in [3.05, 3.63) is 243 Å². The molecule has 0 bridgehead atoms. The average molecular weight is 805 g/mol. The molecule has 0 saturated carbocycles. The van der Waals surface area contributed by atoms with Gasteiger partial charge in [-0.05, 0) is 93.5 Å². The Kier molecular flexibility index (Phi) is 8.83. The number of nitrogens with zero attached hydrogens (tertiary/aromatic N) is 2. The Morgan fingerprint density at radius 2 is 0.810 bits per heavy atom. The van der Waals surface area contributed by atoms with Gasteiger partial charge in [0.25, 0.3) is 0 Å². The molecule has 2 aromatic heterocycles. The maximum Gasteiger partial charge on any atom is 0.159 e. The molecule has 10 aromatic carbocycles. The van der Waals surface area contributed by atoms with Crippen LogP contribution in [0.2, 0.25) is 0 Å². The van der Waals surface area contributed by atoms with Crippen LogP contribution in [0.5, 0.6) is 0 Å². The van der Waals surface area contributed by atoms with Crippen LogP contribution < -0.4 is 4.90 Å². The summed E-state index contributed by atoms with van der Waals surface area (Å²) in [6, 6.07) is 87.0. The molecule has 12 rings (SSSR count). The SMILES string of the molecule is c1ccc(-c2ccc(N(c3ccc(-c4ccc(-c5ccccc5-n5c6ccccc6c6ccc(-c7ccccc7)cc65)cc4)cc3)c3cccc4c3oc3ccccc34)cc2)cc1. The minimum atomic E-state index is 0.864. The fourth-order valence-electron chi connectivity index (χ4n) is 9.37. The molecule has 0 radical (unpaired) electrons. The summed E-state index contributed by atoms with van der Waals surface area (Å²) in [6.07, 6.45) is 0. The van der Waals surface area contributed by atoms with Crippen LogP contribution in [0.15, 0.2) is 247 Å². The van der Waals surface area contributed by atoms with Crippen molar-refractivity contribution in [2.24, 2.45) is 0 Å². The summed E-state index contributed by atoms with van der Waals surface area (Å²) in [5, 5.41) is 4.71. The van der Waals surface area contributed by atoms with Crippen LogP contribution in [-0.4, -0.2) is 4.57 Å². The number of benzene rings is 10. The third kappa shape index (κ3) is 6.38. The molecule has 0 aliphatic rings. The van der Waals surface area contributed by atoms with E-state index in [1.807, 2.05) is 12.1 Å². The van der Waals surface area contributed by atoms with E-state index in [2.05, 4.69) is 240 Å². The molecule has 0 aliphatic heterocycles. The van der Waals surface area contributed by atoms with Crippen LogP contribution in [0, 0.1) is 0 Å². The van der Waals surface area contributed by atoms with Gasteiger partial charge in [-0.15, -0.1) is 0 Å². The lowest BCUT2D eigenvalue weighted by Gasteiger charge is -2.26. The maximum atomic E-state index is 6.60. The monoisotopic (exact) mass is 804 g/mol. The quantitative estimate of drug-likeness (QED) is 0.153. The number of hydrogen-bond acceptors (Lipinski definition) is 2. The van der Waals surface area contributed by atoms with E-state index in [-0.39, 0.29) is 0 Å². The minimum absolute atomic E-state index is 0.864. The van der Waals surface area contributed by atoms with Crippen molar-refractivity contribution in [1.29, 1.82) is 0 Å². The molecule has 63 heavy (non-hydrogen) atoms. The van der Waals surface area contributed by atoms with Gasteiger partial charge < -0.3 is 13.9 Å². The first kappa shape index (κ1) is 36.5. The van der Waals surface area contributed by atoms with Crippen molar-refractivity contribution < 1.29 is 4.42 Å². The summed E-state index contributed by atoms with van der Waals surface area (Å²) in [5.41, 5.74) is 17.8. The van der Waals surface area contributed by atoms with Crippen LogP contribution in [0.3, 0.4) is 0 Å². The molecule has 12 aromatic rings. The molecule has 0 unspecified atom stereocenters. The second-order valence-electron chi connectivity index (χ2n) is 16.1. The number of fused-ring (bicyclic) bond motifs is 6. The molecule has 2 heterocycles. The molecular weight excluding hydrogens is 765 g/mol. The largest absolute Gasteiger partial charge is 0.454 e. The summed E-state index contributed by atoms with van der Waals surface area (Å²) in [6.45, 7) is 0. The van der Waals surface area contributed by atoms with Crippen LogP contribution >= 0.6 is 0 Å². The number of hydrogen-bond donors (Lipinski definition) is 0. The first-order valence-electron chi connectivity index (χ1n) is 21.5. The molecule has 0 saturated heterocycles. The molecule has 3 heteroatoms.